The minimum atomic E-state index is 0.379. The van der Waals surface area contributed by atoms with E-state index in [9.17, 15) is 4.79 Å². The third kappa shape index (κ3) is 5.71. The van der Waals surface area contributed by atoms with Gasteiger partial charge in [-0.2, -0.15) is 0 Å². The van der Waals surface area contributed by atoms with Crippen LogP contribution in [-0.4, -0.2) is 5.78 Å². The molecule has 1 aromatic rings. The molecule has 0 radical (unpaired) electrons. The maximum absolute atomic E-state index is 11.8. The topological polar surface area (TPSA) is 30.2 Å². The third-order valence-electron chi connectivity index (χ3n) is 3.29. The second-order valence-electron chi connectivity index (χ2n) is 4.74. The summed E-state index contributed by atoms with van der Waals surface area (Å²) in [6, 6.07) is 3.80. The summed E-state index contributed by atoms with van der Waals surface area (Å²) in [5.41, 5.74) is 0. The van der Waals surface area contributed by atoms with Crippen molar-refractivity contribution < 1.29 is 9.21 Å². The van der Waals surface area contributed by atoms with Gasteiger partial charge in [-0.05, 0) is 18.1 Å². The van der Waals surface area contributed by atoms with Crippen molar-refractivity contribution in [3.63, 3.8) is 0 Å². The number of carbonyl (C=O) groups is 1. The molecule has 0 aliphatic rings. The van der Waals surface area contributed by atoms with Crippen molar-refractivity contribution in [1.82, 2.24) is 0 Å². The van der Waals surface area contributed by atoms with Gasteiger partial charge in [0.05, 0.1) is 6.26 Å². The Morgan fingerprint density at radius 1 is 1.41 bits per heavy atom. The Balaban J connectivity index is 2.22. The Morgan fingerprint density at radius 2 is 2.24 bits per heavy atom. The molecule has 0 saturated carbocycles. The number of Topliss-reactive ketones (excluding diaryl/α,β-unsaturated/α-hetero) is 1. The second-order valence-corrected chi connectivity index (χ2v) is 4.74. The average molecular weight is 236 g/mol. The molecule has 2 heteroatoms. The Hall–Kier alpha value is -1.05. The van der Waals surface area contributed by atoms with Crippen molar-refractivity contribution in [2.45, 2.75) is 58.8 Å². The normalized spacial score (nSPS) is 12.6. The van der Waals surface area contributed by atoms with Crippen molar-refractivity contribution in [2.24, 2.45) is 5.92 Å². The van der Waals surface area contributed by atoms with Crippen LogP contribution < -0.4 is 0 Å². The summed E-state index contributed by atoms with van der Waals surface area (Å²) in [4.78, 5) is 11.8. The Bertz CT molecular complexity index is 301. The first-order chi connectivity index (χ1) is 8.26. The van der Waals surface area contributed by atoms with Crippen LogP contribution in [0.15, 0.2) is 22.8 Å². The maximum atomic E-state index is 11.8. The van der Waals surface area contributed by atoms with E-state index >= 15 is 0 Å². The van der Waals surface area contributed by atoms with Gasteiger partial charge >= 0.3 is 0 Å². The smallest absolute Gasteiger partial charge is 0.133 e. The number of furan rings is 1. The lowest BCUT2D eigenvalue weighted by atomic mass is 9.92. The molecule has 1 rings (SSSR count). The van der Waals surface area contributed by atoms with E-state index in [0.29, 0.717) is 18.1 Å². The van der Waals surface area contributed by atoms with Crippen LogP contribution in [0.3, 0.4) is 0 Å². The van der Waals surface area contributed by atoms with E-state index in [1.165, 1.54) is 19.3 Å². The van der Waals surface area contributed by atoms with Crippen molar-refractivity contribution in [3.8, 4) is 0 Å². The fourth-order valence-electron chi connectivity index (χ4n) is 2.08. The molecular formula is C15H24O2. The number of hydrogen-bond acceptors (Lipinski definition) is 2. The van der Waals surface area contributed by atoms with Crippen LogP contribution in [0.1, 0.15) is 58.1 Å². The van der Waals surface area contributed by atoms with E-state index in [2.05, 4.69) is 13.8 Å². The Morgan fingerprint density at radius 3 is 2.82 bits per heavy atom. The molecule has 0 fully saturated rings. The minimum Gasteiger partial charge on any atom is -0.469 e. The van der Waals surface area contributed by atoms with E-state index in [1.54, 1.807) is 6.26 Å². The first kappa shape index (κ1) is 14.0. The predicted molar refractivity (Wildman–Crippen MR) is 70.0 cm³/mol. The zero-order valence-electron chi connectivity index (χ0n) is 11.1. The minimum absolute atomic E-state index is 0.379. The number of unbranched alkanes of at least 4 members (excludes halogenated alkanes) is 1. The molecule has 0 amide bonds. The standard InChI is InChI=1S/C15H24O2/c1-3-5-7-13(4-2)12-14(16)9-10-15-8-6-11-17-15/h6,8,11,13H,3-5,7,9-10,12H2,1-2H3. The molecular weight excluding hydrogens is 212 g/mol. The van der Waals surface area contributed by atoms with Gasteiger partial charge in [0.1, 0.15) is 11.5 Å². The van der Waals surface area contributed by atoms with Crippen LogP contribution in [0.5, 0.6) is 0 Å². The van der Waals surface area contributed by atoms with Crippen LogP contribution in [0.4, 0.5) is 0 Å². The highest BCUT2D eigenvalue weighted by Crippen LogP contribution is 2.18. The summed E-state index contributed by atoms with van der Waals surface area (Å²) >= 11 is 0. The fourth-order valence-corrected chi connectivity index (χ4v) is 2.08. The van der Waals surface area contributed by atoms with Crippen molar-refractivity contribution >= 4 is 5.78 Å². The number of carbonyl (C=O) groups excluding carboxylic acids is 1. The number of hydrogen-bond donors (Lipinski definition) is 0. The first-order valence-corrected chi connectivity index (χ1v) is 6.80. The van der Waals surface area contributed by atoms with Gasteiger partial charge in [0.25, 0.3) is 0 Å². The highest BCUT2D eigenvalue weighted by molar-refractivity contribution is 5.78. The van der Waals surface area contributed by atoms with Gasteiger partial charge in [-0.25, -0.2) is 0 Å². The molecule has 0 bridgehead atoms. The fraction of sp³-hybridized carbons (Fsp3) is 0.667. The van der Waals surface area contributed by atoms with Gasteiger partial charge in [-0.3, -0.25) is 4.79 Å². The molecule has 2 nitrogen and oxygen atoms in total. The molecule has 0 spiro atoms. The van der Waals surface area contributed by atoms with Crippen LogP contribution in [0, 0.1) is 5.92 Å². The monoisotopic (exact) mass is 236 g/mol. The van der Waals surface area contributed by atoms with Crippen LogP contribution in [0.2, 0.25) is 0 Å². The lowest BCUT2D eigenvalue weighted by Gasteiger charge is -2.12. The molecule has 1 heterocycles. The van der Waals surface area contributed by atoms with Crippen LogP contribution in [0.25, 0.3) is 0 Å². The summed E-state index contributed by atoms with van der Waals surface area (Å²) in [5.74, 6) is 1.88. The summed E-state index contributed by atoms with van der Waals surface area (Å²) in [6.45, 7) is 4.38. The highest BCUT2D eigenvalue weighted by Gasteiger charge is 2.12. The number of aryl methyl sites for hydroxylation is 1. The molecule has 1 aromatic heterocycles. The second kappa shape index (κ2) is 8.10. The lowest BCUT2D eigenvalue weighted by molar-refractivity contribution is -0.120. The molecule has 0 aromatic carbocycles. The van der Waals surface area contributed by atoms with E-state index in [0.717, 1.165) is 25.0 Å². The maximum Gasteiger partial charge on any atom is 0.133 e. The molecule has 0 aliphatic carbocycles. The van der Waals surface area contributed by atoms with E-state index in [1.807, 2.05) is 12.1 Å². The molecule has 0 saturated heterocycles. The molecule has 0 N–H and O–H groups in total. The van der Waals surface area contributed by atoms with Crippen LogP contribution in [-0.2, 0) is 11.2 Å². The van der Waals surface area contributed by atoms with E-state index in [4.69, 9.17) is 4.42 Å². The zero-order valence-corrected chi connectivity index (χ0v) is 11.1. The van der Waals surface area contributed by atoms with Gasteiger partial charge in [0.15, 0.2) is 0 Å². The molecule has 96 valence electrons. The Kier molecular flexibility index (Phi) is 6.68. The molecule has 1 unspecified atom stereocenters. The van der Waals surface area contributed by atoms with Gasteiger partial charge in [-0.15, -0.1) is 0 Å². The van der Waals surface area contributed by atoms with E-state index in [-0.39, 0.29) is 0 Å². The average Bonchev–Trinajstić information content (AvgIpc) is 2.85. The largest absolute Gasteiger partial charge is 0.469 e. The van der Waals surface area contributed by atoms with Crippen molar-refractivity contribution in [3.05, 3.63) is 24.2 Å². The first-order valence-electron chi connectivity index (χ1n) is 6.80. The van der Waals surface area contributed by atoms with Gasteiger partial charge in [-0.1, -0.05) is 39.5 Å². The molecule has 0 aliphatic heterocycles. The summed E-state index contributed by atoms with van der Waals surface area (Å²) in [6.07, 6.45) is 8.55. The highest BCUT2D eigenvalue weighted by atomic mass is 16.3. The number of ketones is 1. The molecule has 1 atom stereocenters. The predicted octanol–water partition coefficient (Wildman–Crippen LogP) is 4.39. The SMILES string of the molecule is CCCCC(CC)CC(=O)CCc1ccco1. The van der Waals surface area contributed by atoms with Crippen molar-refractivity contribution in [2.75, 3.05) is 0 Å². The van der Waals surface area contributed by atoms with Crippen molar-refractivity contribution in [1.29, 1.82) is 0 Å². The third-order valence-corrected chi connectivity index (χ3v) is 3.29. The number of rotatable bonds is 9. The van der Waals surface area contributed by atoms with Gasteiger partial charge < -0.3 is 4.42 Å². The quantitative estimate of drug-likeness (QED) is 0.636. The zero-order chi connectivity index (χ0) is 12.5. The summed E-state index contributed by atoms with van der Waals surface area (Å²) < 4.78 is 5.23. The Labute approximate surface area is 104 Å². The van der Waals surface area contributed by atoms with Gasteiger partial charge in [0.2, 0.25) is 0 Å². The lowest BCUT2D eigenvalue weighted by Crippen LogP contribution is -2.08. The van der Waals surface area contributed by atoms with Crippen LogP contribution >= 0.6 is 0 Å². The van der Waals surface area contributed by atoms with E-state index < -0.39 is 0 Å². The molecule has 17 heavy (non-hydrogen) atoms. The summed E-state index contributed by atoms with van der Waals surface area (Å²) in [7, 11) is 0. The van der Waals surface area contributed by atoms with Gasteiger partial charge in [0, 0.05) is 19.3 Å². The summed E-state index contributed by atoms with van der Waals surface area (Å²) in [5, 5.41) is 0.